The fourth-order valence-corrected chi connectivity index (χ4v) is 4.83. The summed E-state index contributed by atoms with van der Waals surface area (Å²) in [6, 6.07) is 9.29. The molecule has 2 aliphatic rings. The molecule has 1 amide bonds. The lowest BCUT2D eigenvalue weighted by atomic mass is 9.84. The Balaban J connectivity index is 0.00000153. The van der Waals surface area contributed by atoms with E-state index in [4.69, 9.17) is 4.74 Å². The number of halogens is 2. The van der Waals surface area contributed by atoms with Crippen LogP contribution in [0.3, 0.4) is 0 Å². The first-order valence-electron chi connectivity index (χ1n) is 10.5. The third-order valence-corrected chi connectivity index (χ3v) is 6.32. The third-order valence-electron chi connectivity index (χ3n) is 6.32. The van der Waals surface area contributed by atoms with E-state index in [9.17, 15) is 9.59 Å². The maximum atomic E-state index is 13.5. The van der Waals surface area contributed by atoms with Crippen LogP contribution in [0, 0.1) is 5.92 Å². The van der Waals surface area contributed by atoms with Crippen LogP contribution in [0.5, 0.6) is 5.75 Å². The average molecular weight is 492 g/mol. The molecule has 2 aromatic heterocycles. The first-order valence-corrected chi connectivity index (χ1v) is 10.5. The molecule has 0 aliphatic carbocycles. The van der Waals surface area contributed by atoms with Gasteiger partial charge >= 0.3 is 0 Å². The van der Waals surface area contributed by atoms with Crippen molar-refractivity contribution in [1.82, 2.24) is 24.8 Å². The SMILES string of the molecule is CNC(=O)c1cc(-n2ccnc2-c2ccc3n(c2=O)C[C@@H]2CNC[C@H]3C2)ccc1OC.Cl.Cl. The Labute approximate surface area is 204 Å². The second-order valence-electron chi connectivity index (χ2n) is 8.13. The molecule has 1 fully saturated rings. The molecule has 1 aromatic carbocycles. The van der Waals surface area contributed by atoms with Crippen LogP contribution in [-0.4, -0.2) is 47.3 Å². The molecule has 0 saturated carbocycles. The highest BCUT2D eigenvalue weighted by atomic mass is 35.5. The number of imidazole rings is 1. The molecular weight excluding hydrogens is 465 g/mol. The summed E-state index contributed by atoms with van der Waals surface area (Å²) in [5.74, 6) is 1.66. The van der Waals surface area contributed by atoms with Gasteiger partial charge in [-0.05, 0) is 49.2 Å². The smallest absolute Gasteiger partial charge is 0.261 e. The minimum atomic E-state index is -0.241. The summed E-state index contributed by atoms with van der Waals surface area (Å²) in [4.78, 5) is 30.2. The molecule has 1 saturated heterocycles. The van der Waals surface area contributed by atoms with Gasteiger partial charge in [-0.25, -0.2) is 4.98 Å². The number of carbonyl (C=O) groups is 1. The van der Waals surface area contributed by atoms with Gasteiger partial charge < -0.3 is 19.9 Å². The summed E-state index contributed by atoms with van der Waals surface area (Å²) < 4.78 is 9.09. The fourth-order valence-electron chi connectivity index (χ4n) is 4.83. The van der Waals surface area contributed by atoms with E-state index in [0.29, 0.717) is 34.5 Å². The van der Waals surface area contributed by atoms with Gasteiger partial charge in [0.05, 0.1) is 18.2 Å². The zero-order valence-corrected chi connectivity index (χ0v) is 20.0. The Hall–Kier alpha value is -2.81. The van der Waals surface area contributed by atoms with Gasteiger partial charge in [-0.1, -0.05) is 0 Å². The first-order chi connectivity index (χ1) is 15.1. The second-order valence-corrected chi connectivity index (χ2v) is 8.13. The molecular formula is C23H27Cl2N5O3. The molecule has 4 heterocycles. The lowest BCUT2D eigenvalue weighted by Crippen LogP contribution is -2.45. The molecule has 33 heavy (non-hydrogen) atoms. The van der Waals surface area contributed by atoms with Gasteiger partial charge in [-0.15, -0.1) is 24.8 Å². The van der Waals surface area contributed by atoms with Crippen molar-refractivity contribution in [2.24, 2.45) is 5.92 Å². The van der Waals surface area contributed by atoms with Crippen LogP contribution < -0.4 is 20.9 Å². The second kappa shape index (κ2) is 9.99. The van der Waals surface area contributed by atoms with E-state index < -0.39 is 0 Å². The molecule has 8 nitrogen and oxygen atoms in total. The predicted molar refractivity (Wildman–Crippen MR) is 131 cm³/mol. The van der Waals surface area contributed by atoms with Crippen molar-refractivity contribution in [2.45, 2.75) is 18.9 Å². The zero-order chi connectivity index (χ0) is 21.5. The molecule has 2 aliphatic heterocycles. The number of amides is 1. The number of nitrogens with zero attached hydrogens (tertiary/aromatic N) is 3. The maximum absolute atomic E-state index is 13.5. The molecule has 10 heteroatoms. The van der Waals surface area contributed by atoms with Gasteiger partial charge in [0.25, 0.3) is 11.5 Å². The number of aromatic nitrogens is 3. The maximum Gasteiger partial charge on any atom is 0.261 e. The molecule has 3 aromatic rings. The van der Waals surface area contributed by atoms with Crippen LogP contribution in [0.1, 0.15) is 28.4 Å². The van der Waals surface area contributed by atoms with Crippen LogP contribution in [0.4, 0.5) is 0 Å². The van der Waals surface area contributed by atoms with Crippen LogP contribution in [0.25, 0.3) is 17.1 Å². The quantitative estimate of drug-likeness (QED) is 0.585. The highest BCUT2D eigenvalue weighted by Crippen LogP contribution is 2.33. The molecule has 176 valence electrons. The number of ether oxygens (including phenoxy) is 1. The Bertz CT molecular complexity index is 1220. The molecule has 0 unspecified atom stereocenters. The van der Waals surface area contributed by atoms with Gasteiger partial charge in [-0.2, -0.15) is 0 Å². The van der Waals surface area contributed by atoms with Crippen molar-refractivity contribution >= 4 is 30.7 Å². The minimum absolute atomic E-state index is 0. The number of piperidine rings is 1. The Morgan fingerprint density at radius 3 is 2.79 bits per heavy atom. The molecule has 2 atom stereocenters. The van der Waals surface area contributed by atoms with Crippen molar-refractivity contribution in [3.63, 3.8) is 0 Å². The van der Waals surface area contributed by atoms with Crippen molar-refractivity contribution in [3.05, 3.63) is 64.3 Å². The Morgan fingerprint density at radius 2 is 2.03 bits per heavy atom. The van der Waals surface area contributed by atoms with Crippen molar-refractivity contribution in [2.75, 3.05) is 27.2 Å². The highest BCUT2D eigenvalue weighted by Gasteiger charge is 2.31. The largest absolute Gasteiger partial charge is 0.496 e. The summed E-state index contributed by atoms with van der Waals surface area (Å²) in [5.41, 5.74) is 2.79. The zero-order valence-electron chi connectivity index (χ0n) is 18.4. The Morgan fingerprint density at radius 1 is 1.21 bits per heavy atom. The van der Waals surface area contributed by atoms with Crippen LogP contribution >= 0.6 is 24.8 Å². The number of nitrogens with one attached hydrogen (secondary N) is 2. The standard InChI is InChI=1S/C23H25N5O3.2ClH/c1-24-22(29)18-10-16(3-6-20(18)31-2)27-8-7-26-21(27)17-4-5-19-15-9-14(11-25-12-15)13-28(19)23(17)30;;/h3-8,10,14-15,25H,9,11-13H2,1-2H3,(H,24,29);2*1H/t14-,15+;;/m0../s1. The monoisotopic (exact) mass is 491 g/mol. The highest BCUT2D eigenvalue weighted by molar-refractivity contribution is 5.97. The lowest BCUT2D eigenvalue weighted by Gasteiger charge is -2.37. The number of hydrogen-bond acceptors (Lipinski definition) is 5. The molecule has 2 N–H and O–H groups in total. The van der Waals surface area contributed by atoms with E-state index in [1.807, 2.05) is 21.3 Å². The first kappa shape index (κ1) is 24.8. The predicted octanol–water partition coefficient (Wildman–Crippen LogP) is 2.62. The van der Waals surface area contributed by atoms with Crippen LogP contribution in [0.15, 0.2) is 47.5 Å². The third kappa shape index (κ3) is 4.26. The van der Waals surface area contributed by atoms with E-state index in [2.05, 4.69) is 21.7 Å². The number of hydrogen-bond donors (Lipinski definition) is 2. The number of benzene rings is 1. The average Bonchev–Trinajstić information content (AvgIpc) is 3.28. The van der Waals surface area contributed by atoms with Gasteiger partial charge in [-0.3, -0.25) is 14.2 Å². The van der Waals surface area contributed by atoms with Crippen molar-refractivity contribution in [3.8, 4) is 22.8 Å². The van der Waals surface area contributed by atoms with Gasteiger partial charge in [0, 0.05) is 49.8 Å². The van der Waals surface area contributed by atoms with Crippen LogP contribution in [-0.2, 0) is 6.54 Å². The molecule has 2 bridgehead atoms. The number of methoxy groups -OCH3 is 1. The van der Waals surface area contributed by atoms with E-state index in [1.165, 1.54) is 7.11 Å². The topological polar surface area (TPSA) is 90.2 Å². The summed E-state index contributed by atoms with van der Waals surface area (Å²) in [5, 5.41) is 6.11. The Kier molecular flexibility index (Phi) is 7.51. The summed E-state index contributed by atoms with van der Waals surface area (Å²) in [6.45, 7) is 2.60. The summed E-state index contributed by atoms with van der Waals surface area (Å²) >= 11 is 0. The van der Waals surface area contributed by atoms with Crippen molar-refractivity contribution < 1.29 is 9.53 Å². The van der Waals surface area contributed by atoms with Gasteiger partial charge in [0.1, 0.15) is 11.6 Å². The lowest BCUT2D eigenvalue weighted by molar-refractivity contribution is 0.0960. The fraction of sp³-hybridized carbons (Fsp3) is 0.348. The molecule has 5 rings (SSSR count). The van der Waals surface area contributed by atoms with E-state index in [-0.39, 0.29) is 36.3 Å². The van der Waals surface area contributed by atoms with E-state index >= 15 is 0 Å². The number of carbonyl (C=O) groups excluding carboxylic acids is 1. The van der Waals surface area contributed by atoms with Crippen LogP contribution in [0.2, 0.25) is 0 Å². The molecule has 0 spiro atoms. The van der Waals surface area contributed by atoms with Crippen molar-refractivity contribution in [1.29, 1.82) is 0 Å². The van der Waals surface area contributed by atoms with Gasteiger partial charge in [0.15, 0.2) is 0 Å². The molecule has 0 radical (unpaired) electrons. The summed E-state index contributed by atoms with van der Waals surface area (Å²) in [7, 11) is 3.11. The summed E-state index contributed by atoms with van der Waals surface area (Å²) in [6.07, 6.45) is 4.60. The number of rotatable bonds is 4. The normalized spacial score (nSPS) is 18.4. The van der Waals surface area contributed by atoms with Gasteiger partial charge in [0.2, 0.25) is 0 Å². The van der Waals surface area contributed by atoms with E-state index in [1.54, 1.807) is 31.6 Å². The van der Waals surface area contributed by atoms with E-state index in [0.717, 1.165) is 37.4 Å². The number of fused-ring (bicyclic) bond motifs is 4. The number of pyridine rings is 1. The minimum Gasteiger partial charge on any atom is -0.496 e.